The molecule has 7 heteroatoms. The molecule has 1 heterocycles. The first-order chi connectivity index (χ1) is 11.2. The Morgan fingerprint density at radius 2 is 1.92 bits per heavy atom. The Bertz CT molecular complexity index is 587. The molecule has 5 nitrogen and oxygen atoms in total. The molecule has 0 radical (unpaired) electrons. The number of benzene rings is 1. The summed E-state index contributed by atoms with van der Waals surface area (Å²) in [7, 11) is 0. The highest BCUT2D eigenvalue weighted by molar-refractivity contribution is 5.94. The summed E-state index contributed by atoms with van der Waals surface area (Å²) < 4.78 is 26.8. The number of nitrogens with zero attached hydrogens (tertiary/aromatic N) is 2. The van der Waals surface area contributed by atoms with Crippen LogP contribution in [0.25, 0.3) is 0 Å². The molecule has 1 aliphatic heterocycles. The van der Waals surface area contributed by atoms with Crippen molar-refractivity contribution in [2.45, 2.75) is 32.4 Å². The molecular formula is C17H25F2N3O2. The van der Waals surface area contributed by atoms with E-state index in [1.807, 2.05) is 18.7 Å². The maximum absolute atomic E-state index is 13.6. The molecule has 1 atom stereocenters. The number of hydrogen-bond donors (Lipinski definition) is 2. The lowest BCUT2D eigenvalue weighted by Gasteiger charge is -2.44. The van der Waals surface area contributed by atoms with Crippen LogP contribution in [0.15, 0.2) is 18.2 Å². The second kappa shape index (κ2) is 7.55. The quantitative estimate of drug-likeness (QED) is 0.856. The lowest BCUT2D eigenvalue weighted by molar-refractivity contribution is -0.121. The van der Waals surface area contributed by atoms with Gasteiger partial charge in [0.2, 0.25) is 5.91 Å². The van der Waals surface area contributed by atoms with Crippen molar-refractivity contribution in [3.63, 3.8) is 0 Å². The summed E-state index contributed by atoms with van der Waals surface area (Å²) in [6, 6.07) is 2.52. The van der Waals surface area contributed by atoms with Gasteiger partial charge in [0.05, 0.1) is 18.3 Å². The van der Waals surface area contributed by atoms with Crippen LogP contribution in [0.2, 0.25) is 0 Å². The third-order valence-electron chi connectivity index (χ3n) is 4.67. The van der Waals surface area contributed by atoms with Crippen molar-refractivity contribution in [3.8, 4) is 0 Å². The monoisotopic (exact) mass is 341 g/mol. The summed E-state index contributed by atoms with van der Waals surface area (Å²) in [5, 5.41) is 11.9. The van der Waals surface area contributed by atoms with Crippen LogP contribution >= 0.6 is 0 Å². The van der Waals surface area contributed by atoms with E-state index in [0.717, 1.165) is 31.3 Å². The molecule has 0 bridgehead atoms. The maximum Gasteiger partial charge on any atom is 0.241 e. The molecule has 1 unspecified atom stereocenters. The van der Waals surface area contributed by atoms with E-state index in [4.69, 9.17) is 0 Å². The first-order valence-corrected chi connectivity index (χ1v) is 8.10. The van der Waals surface area contributed by atoms with Gasteiger partial charge in [-0.2, -0.15) is 0 Å². The van der Waals surface area contributed by atoms with Crippen molar-refractivity contribution in [2.75, 3.05) is 38.1 Å². The number of halogens is 2. The van der Waals surface area contributed by atoms with Crippen LogP contribution in [0.5, 0.6) is 0 Å². The topological polar surface area (TPSA) is 55.8 Å². The van der Waals surface area contributed by atoms with Gasteiger partial charge in [-0.15, -0.1) is 0 Å². The number of anilines is 1. The van der Waals surface area contributed by atoms with Crippen molar-refractivity contribution in [1.29, 1.82) is 0 Å². The Morgan fingerprint density at radius 1 is 1.29 bits per heavy atom. The lowest BCUT2D eigenvalue weighted by atomic mass is 10.0. The zero-order chi connectivity index (χ0) is 17.9. The minimum absolute atomic E-state index is 0.0713. The number of rotatable bonds is 5. The second-order valence-electron chi connectivity index (χ2n) is 6.78. The van der Waals surface area contributed by atoms with Gasteiger partial charge in [-0.05, 0) is 32.9 Å². The van der Waals surface area contributed by atoms with Crippen LogP contribution in [-0.2, 0) is 4.79 Å². The summed E-state index contributed by atoms with van der Waals surface area (Å²) in [6.07, 6.45) is 0. The predicted octanol–water partition coefficient (Wildman–Crippen LogP) is 1.68. The van der Waals surface area contributed by atoms with Crippen LogP contribution in [0, 0.1) is 11.6 Å². The van der Waals surface area contributed by atoms with Gasteiger partial charge >= 0.3 is 0 Å². The molecule has 1 aromatic rings. The molecule has 0 aromatic heterocycles. The fourth-order valence-corrected chi connectivity index (χ4v) is 2.81. The third kappa shape index (κ3) is 4.28. The summed E-state index contributed by atoms with van der Waals surface area (Å²) >= 11 is 0. The van der Waals surface area contributed by atoms with Gasteiger partial charge in [-0.3, -0.25) is 14.6 Å². The standard InChI is InChI=1S/C17H25F2N3O2/c1-12(16(24)20-15-10-13(18)4-5-14(15)19)21-6-8-22(9-7-21)17(2,3)11-23/h4-5,10,12,23H,6-9,11H2,1-3H3,(H,20,24). The Morgan fingerprint density at radius 3 is 2.50 bits per heavy atom. The van der Waals surface area contributed by atoms with Crippen LogP contribution in [-0.4, -0.2) is 65.2 Å². The van der Waals surface area contributed by atoms with Gasteiger partial charge in [0, 0.05) is 37.8 Å². The number of nitrogens with one attached hydrogen (secondary N) is 1. The van der Waals surface area contributed by atoms with Crippen molar-refractivity contribution in [3.05, 3.63) is 29.8 Å². The van der Waals surface area contributed by atoms with Gasteiger partial charge in [-0.1, -0.05) is 0 Å². The predicted molar refractivity (Wildman–Crippen MR) is 88.8 cm³/mol. The Hall–Kier alpha value is -1.57. The molecule has 24 heavy (non-hydrogen) atoms. The fraction of sp³-hybridized carbons (Fsp3) is 0.588. The lowest BCUT2D eigenvalue weighted by Crippen LogP contribution is -2.58. The fourth-order valence-electron chi connectivity index (χ4n) is 2.81. The number of amides is 1. The van der Waals surface area contributed by atoms with Gasteiger partial charge < -0.3 is 10.4 Å². The van der Waals surface area contributed by atoms with Crippen molar-refractivity contribution < 1.29 is 18.7 Å². The smallest absolute Gasteiger partial charge is 0.241 e. The number of carbonyl (C=O) groups excluding carboxylic acids is 1. The first-order valence-electron chi connectivity index (χ1n) is 8.10. The van der Waals surface area contributed by atoms with E-state index in [0.29, 0.717) is 13.1 Å². The van der Waals surface area contributed by atoms with Crippen molar-refractivity contribution >= 4 is 11.6 Å². The molecule has 0 aliphatic carbocycles. The van der Waals surface area contributed by atoms with E-state index < -0.39 is 17.7 Å². The van der Waals surface area contributed by atoms with E-state index in [-0.39, 0.29) is 23.7 Å². The largest absolute Gasteiger partial charge is 0.394 e. The van der Waals surface area contributed by atoms with Gasteiger partial charge in [0.1, 0.15) is 11.6 Å². The van der Waals surface area contributed by atoms with Crippen LogP contribution in [0.1, 0.15) is 20.8 Å². The molecule has 1 aromatic carbocycles. The molecule has 0 spiro atoms. The summed E-state index contributed by atoms with van der Waals surface area (Å²) in [5.74, 6) is -1.62. The van der Waals surface area contributed by atoms with Gasteiger partial charge in [0.25, 0.3) is 0 Å². The minimum atomic E-state index is -0.661. The van der Waals surface area contributed by atoms with Crippen LogP contribution in [0.4, 0.5) is 14.5 Å². The summed E-state index contributed by atoms with van der Waals surface area (Å²) in [5.41, 5.74) is -0.436. The SMILES string of the molecule is CC(C(=O)Nc1cc(F)ccc1F)N1CCN(C(C)(C)CO)CC1. The normalized spacial score (nSPS) is 18.4. The zero-order valence-electron chi connectivity index (χ0n) is 14.4. The molecule has 2 N–H and O–H groups in total. The van der Waals surface area contributed by atoms with Gasteiger partial charge in [-0.25, -0.2) is 8.78 Å². The second-order valence-corrected chi connectivity index (χ2v) is 6.78. The molecule has 1 amide bonds. The Kier molecular flexibility index (Phi) is 5.90. The Balaban J connectivity index is 1.94. The molecule has 1 saturated heterocycles. The highest BCUT2D eigenvalue weighted by atomic mass is 19.1. The molecule has 0 saturated carbocycles. The van der Waals surface area contributed by atoms with E-state index >= 15 is 0 Å². The third-order valence-corrected chi connectivity index (χ3v) is 4.67. The summed E-state index contributed by atoms with van der Waals surface area (Å²) in [6.45, 7) is 8.59. The van der Waals surface area contributed by atoms with E-state index in [9.17, 15) is 18.7 Å². The van der Waals surface area contributed by atoms with Crippen LogP contribution in [0.3, 0.4) is 0 Å². The molecular weight excluding hydrogens is 316 g/mol. The number of aliphatic hydroxyl groups excluding tert-OH is 1. The van der Waals surface area contributed by atoms with E-state index in [1.165, 1.54) is 0 Å². The number of aliphatic hydroxyl groups is 1. The Labute approximate surface area is 141 Å². The van der Waals surface area contributed by atoms with Gasteiger partial charge in [0.15, 0.2) is 0 Å². The minimum Gasteiger partial charge on any atom is -0.394 e. The van der Waals surface area contributed by atoms with Crippen LogP contribution < -0.4 is 5.32 Å². The summed E-state index contributed by atoms with van der Waals surface area (Å²) in [4.78, 5) is 16.5. The van der Waals surface area contributed by atoms with E-state index in [1.54, 1.807) is 6.92 Å². The molecule has 134 valence electrons. The van der Waals surface area contributed by atoms with E-state index in [2.05, 4.69) is 10.2 Å². The average molecular weight is 341 g/mol. The number of piperazine rings is 1. The van der Waals surface area contributed by atoms with Crippen molar-refractivity contribution in [2.24, 2.45) is 0 Å². The molecule has 2 rings (SSSR count). The molecule has 1 fully saturated rings. The maximum atomic E-state index is 13.6. The number of hydrogen-bond acceptors (Lipinski definition) is 4. The number of carbonyl (C=O) groups is 1. The highest BCUT2D eigenvalue weighted by Crippen LogP contribution is 2.19. The van der Waals surface area contributed by atoms with Crippen molar-refractivity contribution in [1.82, 2.24) is 9.80 Å². The zero-order valence-corrected chi connectivity index (χ0v) is 14.4. The molecule has 1 aliphatic rings. The first kappa shape index (κ1) is 18.8. The highest BCUT2D eigenvalue weighted by Gasteiger charge is 2.32. The average Bonchev–Trinajstić information content (AvgIpc) is 2.57.